The van der Waals surface area contributed by atoms with Crippen molar-refractivity contribution in [3.63, 3.8) is 0 Å². The Labute approximate surface area is 206 Å². The van der Waals surface area contributed by atoms with Crippen molar-refractivity contribution in [2.75, 3.05) is 24.9 Å². The van der Waals surface area contributed by atoms with Crippen LogP contribution in [-0.4, -0.2) is 25.1 Å². The van der Waals surface area contributed by atoms with Crippen LogP contribution in [0.4, 0.5) is 11.4 Å². The minimum Gasteiger partial charge on any atom is -0.503 e. The van der Waals surface area contributed by atoms with Crippen molar-refractivity contribution in [1.29, 1.82) is 0 Å². The van der Waals surface area contributed by atoms with Crippen molar-refractivity contribution >= 4 is 33.1 Å². The number of phenols is 1. The molecule has 3 N–H and O–H groups in total. The minimum atomic E-state index is -0.402. The molecule has 1 heterocycles. The fraction of sp³-hybridized carbons (Fsp3) is 0.222. The van der Waals surface area contributed by atoms with Gasteiger partial charge in [-0.3, -0.25) is 4.79 Å². The van der Waals surface area contributed by atoms with Gasteiger partial charge < -0.3 is 25.2 Å². The Kier molecular flexibility index (Phi) is 5.96. The average Bonchev–Trinajstić information content (AvgIpc) is 3.02. The Morgan fingerprint density at radius 3 is 2.38 bits per heavy atom. The number of ether oxygens (including phenoxy) is 2. The monoisotopic (exact) mass is 520 g/mol. The highest BCUT2D eigenvalue weighted by molar-refractivity contribution is 9.10. The van der Waals surface area contributed by atoms with Gasteiger partial charge in [0, 0.05) is 17.7 Å². The number of methoxy groups -OCH3 is 2. The molecule has 3 aromatic carbocycles. The van der Waals surface area contributed by atoms with Crippen LogP contribution in [0.15, 0.2) is 76.4 Å². The molecule has 3 aromatic rings. The van der Waals surface area contributed by atoms with Crippen molar-refractivity contribution in [3.05, 3.63) is 87.5 Å². The number of aromatic hydroxyl groups is 1. The third-order valence-electron chi connectivity index (χ3n) is 6.50. The molecule has 1 aliphatic carbocycles. The van der Waals surface area contributed by atoms with Gasteiger partial charge in [0.2, 0.25) is 0 Å². The number of anilines is 2. The zero-order valence-corrected chi connectivity index (χ0v) is 20.5. The van der Waals surface area contributed by atoms with Gasteiger partial charge in [0.05, 0.1) is 36.1 Å². The van der Waals surface area contributed by atoms with E-state index < -0.39 is 6.04 Å². The first-order chi connectivity index (χ1) is 16.5. The second-order valence-electron chi connectivity index (χ2n) is 8.50. The number of ketones is 1. The number of fused-ring (bicyclic) bond motifs is 1. The molecule has 0 spiro atoms. The Bertz CT molecular complexity index is 1290. The van der Waals surface area contributed by atoms with Gasteiger partial charge in [-0.2, -0.15) is 0 Å². The highest BCUT2D eigenvalue weighted by Crippen LogP contribution is 2.46. The van der Waals surface area contributed by atoms with E-state index in [4.69, 9.17) is 9.47 Å². The molecule has 6 nitrogen and oxygen atoms in total. The first-order valence-electron chi connectivity index (χ1n) is 11.1. The van der Waals surface area contributed by atoms with Crippen molar-refractivity contribution < 1.29 is 19.4 Å². The van der Waals surface area contributed by atoms with Crippen LogP contribution in [-0.2, 0) is 4.79 Å². The zero-order chi connectivity index (χ0) is 23.8. The molecule has 5 rings (SSSR count). The van der Waals surface area contributed by atoms with Crippen LogP contribution in [0, 0.1) is 0 Å². The lowest BCUT2D eigenvalue weighted by molar-refractivity contribution is -0.116. The molecule has 2 aliphatic rings. The molecule has 2 atom stereocenters. The van der Waals surface area contributed by atoms with Crippen LogP contribution in [0.2, 0.25) is 0 Å². The maximum absolute atomic E-state index is 13.7. The lowest BCUT2D eigenvalue weighted by Crippen LogP contribution is -2.27. The molecule has 0 bridgehead atoms. The van der Waals surface area contributed by atoms with Crippen LogP contribution in [0.3, 0.4) is 0 Å². The van der Waals surface area contributed by atoms with E-state index in [1.165, 1.54) is 7.11 Å². The second kappa shape index (κ2) is 9.06. The molecule has 0 saturated heterocycles. The van der Waals surface area contributed by atoms with Crippen LogP contribution in [0.1, 0.15) is 35.9 Å². The molecule has 7 heteroatoms. The number of benzene rings is 3. The predicted molar refractivity (Wildman–Crippen MR) is 136 cm³/mol. The van der Waals surface area contributed by atoms with Crippen LogP contribution in [0.25, 0.3) is 0 Å². The molecule has 0 aromatic heterocycles. The smallest absolute Gasteiger partial charge is 0.172 e. The minimum absolute atomic E-state index is 0.0298. The quantitative estimate of drug-likeness (QED) is 0.382. The van der Waals surface area contributed by atoms with Gasteiger partial charge in [0.1, 0.15) is 5.75 Å². The topological polar surface area (TPSA) is 79.8 Å². The second-order valence-corrected chi connectivity index (χ2v) is 9.35. The molecule has 34 heavy (non-hydrogen) atoms. The van der Waals surface area contributed by atoms with Crippen LogP contribution in [0.5, 0.6) is 17.2 Å². The molecule has 1 aliphatic heterocycles. The largest absolute Gasteiger partial charge is 0.503 e. The van der Waals surface area contributed by atoms with Crippen LogP contribution < -0.4 is 20.1 Å². The highest BCUT2D eigenvalue weighted by atomic mass is 79.9. The van der Waals surface area contributed by atoms with E-state index in [2.05, 4.69) is 26.6 Å². The molecule has 0 amide bonds. The Balaban J connectivity index is 1.61. The summed E-state index contributed by atoms with van der Waals surface area (Å²) in [7, 11) is 3.16. The number of hydrogen-bond acceptors (Lipinski definition) is 6. The summed E-state index contributed by atoms with van der Waals surface area (Å²) < 4.78 is 11.2. The number of rotatable bonds is 4. The maximum atomic E-state index is 13.7. The number of para-hydroxylation sites is 2. The average molecular weight is 521 g/mol. The number of halogens is 1. The number of allylic oxidation sites excluding steroid dienone is 1. The Morgan fingerprint density at radius 2 is 1.68 bits per heavy atom. The number of carbonyl (C=O) groups is 1. The molecule has 0 fully saturated rings. The standard InChI is InChI=1S/C27H25BrN2O4/c1-33-18-9-7-15(8-10-18)16-12-22-25(23(31)13-16)26(30-21-6-4-3-5-20(21)29-22)17-11-19(28)27(32)24(14-17)34-2/h3-11,14,16,26,29-30,32H,12-13H2,1-2H3/t16-,26-/m0/s1. The van der Waals surface area contributed by atoms with Crippen molar-refractivity contribution in [2.24, 2.45) is 0 Å². The fourth-order valence-electron chi connectivity index (χ4n) is 4.77. The third kappa shape index (κ3) is 4.01. The number of carbonyl (C=O) groups excluding carboxylic acids is 1. The van der Waals surface area contributed by atoms with Gasteiger partial charge in [0.15, 0.2) is 17.3 Å². The summed E-state index contributed by atoms with van der Waals surface area (Å²) in [5.74, 6) is 1.32. The van der Waals surface area contributed by atoms with E-state index in [-0.39, 0.29) is 17.5 Å². The number of nitrogens with one attached hydrogen (secondary N) is 2. The number of phenolic OH excluding ortho intramolecular Hbond substituents is 1. The summed E-state index contributed by atoms with van der Waals surface area (Å²) in [6, 6.07) is 19.1. The van der Waals surface area contributed by atoms with Gasteiger partial charge in [-0.1, -0.05) is 24.3 Å². The van der Waals surface area contributed by atoms with E-state index in [9.17, 15) is 9.90 Å². The van der Waals surface area contributed by atoms with Crippen molar-refractivity contribution in [3.8, 4) is 17.2 Å². The first-order valence-corrected chi connectivity index (χ1v) is 11.9. The molecule has 0 unspecified atom stereocenters. The molecule has 0 radical (unpaired) electrons. The van der Waals surface area contributed by atoms with Gasteiger partial charge in [-0.25, -0.2) is 0 Å². The SMILES string of the molecule is COc1ccc([C@@H]2CC(=O)C3=C(C2)Nc2ccccc2N[C@H]3c2cc(Br)c(O)c(OC)c2)cc1. The highest BCUT2D eigenvalue weighted by Gasteiger charge is 2.36. The summed E-state index contributed by atoms with van der Waals surface area (Å²) in [6.45, 7) is 0. The molecular weight excluding hydrogens is 496 g/mol. The lowest BCUT2D eigenvalue weighted by Gasteiger charge is -2.30. The summed E-state index contributed by atoms with van der Waals surface area (Å²) in [5.41, 5.74) is 5.37. The van der Waals surface area contributed by atoms with Crippen molar-refractivity contribution in [2.45, 2.75) is 24.8 Å². The fourth-order valence-corrected chi connectivity index (χ4v) is 5.23. The van der Waals surface area contributed by atoms with Crippen molar-refractivity contribution in [1.82, 2.24) is 0 Å². The normalized spacial score (nSPS) is 19.3. The lowest BCUT2D eigenvalue weighted by atomic mass is 9.78. The third-order valence-corrected chi connectivity index (χ3v) is 7.10. The summed E-state index contributed by atoms with van der Waals surface area (Å²) >= 11 is 3.43. The van der Waals surface area contributed by atoms with E-state index >= 15 is 0 Å². The first kappa shape index (κ1) is 22.3. The van der Waals surface area contributed by atoms with E-state index in [0.717, 1.165) is 33.9 Å². The Morgan fingerprint density at radius 1 is 0.941 bits per heavy atom. The van der Waals surface area contributed by atoms with Gasteiger partial charge in [-0.05, 0) is 75.8 Å². The maximum Gasteiger partial charge on any atom is 0.172 e. The number of hydrogen-bond donors (Lipinski definition) is 3. The van der Waals surface area contributed by atoms with E-state index in [1.807, 2.05) is 54.6 Å². The summed E-state index contributed by atoms with van der Waals surface area (Å²) in [6.07, 6.45) is 1.12. The van der Waals surface area contributed by atoms with Gasteiger partial charge in [0.25, 0.3) is 0 Å². The Hall–Kier alpha value is -3.45. The summed E-state index contributed by atoms with van der Waals surface area (Å²) in [5, 5.41) is 17.4. The zero-order valence-electron chi connectivity index (χ0n) is 18.9. The summed E-state index contributed by atoms with van der Waals surface area (Å²) in [4.78, 5) is 13.7. The van der Waals surface area contributed by atoms with Crippen LogP contribution >= 0.6 is 15.9 Å². The molecule has 0 saturated carbocycles. The predicted octanol–water partition coefficient (Wildman–Crippen LogP) is 6.15. The van der Waals surface area contributed by atoms with E-state index in [1.54, 1.807) is 13.2 Å². The van der Waals surface area contributed by atoms with E-state index in [0.29, 0.717) is 28.6 Å². The molecular formula is C27H25BrN2O4. The van der Waals surface area contributed by atoms with Gasteiger partial charge in [-0.15, -0.1) is 0 Å². The molecule has 174 valence electrons. The van der Waals surface area contributed by atoms with Gasteiger partial charge >= 0.3 is 0 Å². The number of Topliss-reactive ketones (excluding diaryl/α,β-unsaturated/α-hetero) is 1.